The van der Waals surface area contributed by atoms with Crippen LogP contribution in [0.4, 0.5) is 0 Å². The molecule has 4 heteroatoms. The Hall–Kier alpha value is -0.870. The molecule has 1 fully saturated rings. The first-order chi connectivity index (χ1) is 7.19. The molecule has 2 rings (SSSR count). The van der Waals surface area contributed by atoms with Gasteiger partial charge in [0, 0.05) is 4.47 Å². The van der Waals surface area contributed by atoms with Crippen LogP contribution in [0.3, 0.4) is 0 Å². The fourth-order valence-electron chi connectivity index (χ4n) is 2.08. The molecule has 0 aromatic heterocycles. The van der Waals surface area contributed by atoms with E-state index in [0.717, 1.165) is 29.3 Å². The largest absolute Gasteiger partial charge is 0.293 e. The zero-order valence-electron chi connectivity index (χ0n) is 8.29. The quantitative estimate of drug-likeness (QED) is 0.489. The van der Waals surface area contributed by atoms with E-state index in [9.17, 15) is 4.79 Å². The van der Waals surface area contributed by atoms with Crippen molar-refractivity contribution in [3.8, 4) is 0 Å². The second kappa shape index (κ2) is 3.94. The predicted molar refractivity (Wildman–Crippen MR) is 62.0 cm³/mol. The number of amides is 1. The second-order valence-electron chi connectivity index (χ2n) is 3.92. The van der Waals surface area contributed by atoms with Gasteiger partial charge >= 0.3 is 0 Å². The van der Waals surface area contributed by atoms with Crippen LogP contribution in [0.5, 0.6) is 0 Å². The van der Waals surface area contributed by atoms with Crippen LogP contribution in [0.1, 0.15) is 24.8 Å². The van der Waals surface area contributed by atoms with E-state index in [1.165, 1.54) is 0 Å². The van der Waals surface area contributed by atoms with Crippen molar-refractivity contribution in [2.75, 3.05) is 0 Å². The lowest BCUT2D eigenvalue weighted by atomic mass is 9.64. The van der Waals surface area contributed by atoms with E-state index >= 15 is 0 Å². The second-order valence-corrected chi connectivity index (χ2v) is 4.83. The van der Waals surface area contributed by atoms with Gasteiger partial charge in [0.25, 0.3) is 0 Å². The monoisotopic (exact) mass is 268 g/mol. The number of benzene rings is 1. The molecule has 15 heavy (non-hydrogen) atoms. The molecule has 1 aromatic carbocycles. The highest BCUT2D eigenvalue weighted by atomic mass is 79.9. The molecule has 3 N–H and O–H groups in total. The summed E-state index contributed by atoms with van der Waals surface area (Å²) in [5.74, 6) is 5.15. The van der Waals surface area contributed by atoms with Gasteiger partial charge < -0.3 is 0 Å². The maximum absolute atomic E-state index is 11.8. The molecule has 1 aliphatic carbocycles. The summed E-state index contributed by atoms with van der Waals surface area (Å²) in [6.07, 6.45) is 2.86. The highest BCUT2D eigenvalue weighted by Gasteiger charge is 2.45. The van der Waals surface area contributed by atoms with Crippen molar-refractivity contribution in [1.82, 2.24) is 5.43 Å². The van der Waals surface area contributed by atoms with Crippen molar-refractivity contribution >= 4 is 21.8 Å². The average molecular weight is 269 g/mol. The zero-order valence-corrected chi connectivity index (χ0v) is 9.88. The van der Waals surface area contributed by atoms with Gasteiger partial charge in [-0.15, -0.1) is 0 Å². The number of hydrazine groups is 1. The third-order valence-corrected chi connectivity index (χ3v) is 3.70. The molecule has 3 nitrogen and oxygen atoms in total. The van der Waals surface area contributed by atoms with E-state index in [1.807, 2.05) is 24.3 Å². The number of carbonyl (C=O) groups excluding carboxylic acids is 1. The molecular weight excluding hydrogens is 256 g/mol. The topological polar surface area (TPSA) is 55.1 Å². The summed E-state index contributed by atoms with van der Waals surface area (Å²) in [7, 11) is 0. The molecule has 1 amide bonds. The third-order valence-electron chi connectivity index (χ3n) is 3.17. The summed E-state index contributed by atoms with van der Waals surface area (Å²) in [5.41, 5.74) is 2.95. The first-order valence-corrected chi connectivity index (χ1v) is 5.75. The lowest BCUT2D eigenvalue weighted by Gasteiger charge is -2.40. The first-order valence-electron chi connectivity index (χ1n) is 4.96. The molecule has 0 unspecified atom stereocenters. The lowest BCUT2D eigenvalue weighted by molar-refractivity contribution is -0.130. The van der Waals surface area contributed by atoms with Crippen molar-refractivity contribution in [1.29, 1.82) is 0 Å². The van der Waals surface area contributed by atoms with Gasteiger partial charge in [0.1, 0.15) is 0 Å². The minimum Gasteiger partial charge on any atom is -0.293 e. The maximum atomic E-state index is 11.8. The number of nitrogens with one attached hydrogen (secondary N) is 1. The van der Waals surface area contributed by atoms with Crippen LogP contribution in [0.15, 0.2) is 28.7 Å². The Morgan fingerprint density at radius 1 is 1.33 bits per heavy atom. The number of hydrogen-bond acceptors (Lipinski definition) is 2. The summed E-state index contributed by atoms with van der Waals surface area (Å²) in [6.45, 7) is 0. The summed E-state index contributed by atoms with van der Waals surface area (Å²) in [4.78, 5) is 11.8. The van der Waals surface area contributed by atoms with Crippen LogP contribution in [0, 0.1) is 0 Å². The van der Waals surface area contributed by atoms with Gasteiger partial charge in [0.2, 0.25) is 5.91 Å². The average Bonchev–Trinajstić information content (AvgIpc) is 2.19. The molecule has 0 spiro atoms. The fourth-order valence-corrected chi connectivity index (χ4v) is 2.35. The normalized spacial score (nSPS) is 18.0. The van der Waals surface area contributed by atoms with Gasteiger partial charge in [-0.3, -0.25) is 10.2 Å². The minimum atomic E-state index is -0.380. The number of hydrogen-bond donors (Lipinski definition) is 2. The van der Waals surface area contributed by atoms with Crippen LogP contribution < -0.4 is 11.3 Å². The molecule has 0 aliphatic heterocycles. The molecule has 1 aliphatic rings. The van der Waals surface area contributed by atoms with Crippen LogP contribution in [-0.4, -0.2) is 5.91 Å². The van der Waals surface area contributed by atoms with E-state index in [2.05, 4.69) is 21.4 Å². The van der Waals surface area contributed by atoms with Crippen LogP contribution in [0.2, 0.25) is 0 Å². The molecule has 0 saturated heterocycles. The van der Waals surface area contributed by atoms with Gasteiger partial charge in [-0.1, -0.05) is 34.5 Å². The van der Waals surface area contributed by atoms with E-state index < -0.39 is 0 Å². The van der Waals surface area contributed by atoms with E-state index in [-0.39, 0.29) is 11.3 Å². The van der Waals surface area contributed by atoms with Crippen LogP contribution >= 0.6 is 15.9 Å². The number of nitrogens with two attached hydrogens (primary N) is 1. The molecular formula is C11H13BrN2O. The molecule has 0 atom stereocenters. The Morgan fingerprint density at radius 2 is 1.93 bits per heavy atom. The highest BCUT2D eigenvalue weighted by Crippen LogP contribution is 2.43. The number of rotatable bonds is 2. The SMILES string of the molecule is NNC(=O)C1(c2ccc(Br)cc2)CCC1. The number of halogens is 1. The Balaban J connectivity index is 2.34. The molecule has 0 heterocycles. The highest BCUT2D eigenvalue weighted by molar-refractivity contribution is 9.10. The summed E-state index contributed by atoms with van der Waals surface area (Å²) in [5, 5.41) is 0. The van der Waals surface area contributed by atoms with E-state index in [1.54, 1.807) is 0 Å². The Morgan fingerprint density at radius 3 is 2.33 bits per heavy atom. The summed E-state index contributed by atoms with van der Waals surface area (Å²) >= 11 is 3.38. The van der Waals surface area contributed by atoms with Gasteiger partial charge in [0.15, 0.2) is 0 Å². The van der Waals surface area contributed by atoms with Crippen LogP contribution in [-0.2, 0) is 10.2 Å². The van der Waals surface area contributed by atoms with Gasteiger partial charge in [-0.05, 0) is 30.5 Å². The van der Waals surface area contributed by atoms with E-state index in [0.29, 0.717) is 0 Å². The van der Waals surface area contributed by atoms with Gasteiger partial charge in [-0.25, -0.2) is 5.84 Å². The maximum Gasteiger partial charge on any atom is 0.244 e. The zero-order chi connectivity index (χ0) is 10.9. The summed E-state index contributed by atoms with van der Waals surface area (Å²) < 4.78 is 1.02. The molecule has 80 valence electrons. The lowest BCUT2D eigenvalue weighted by Crippen LogP contribution is -2.51. The van der Waals surface area contributed by atoms with Crippen molar-refractivity contribution in [3.63, 3.8) is 0 Å². The summed E-state index contributed by atoms with van der Waals surface area (Å²) in [6, 6.07) is 7.88. The van der Waals surface area contributed by atoms with Crippen molar-refractivity contribution < 1.29 is 4.79 Å². The van der Waals surface area contributed by atoms with Gasteiger partial charge in [-0.2, -0.15) is 0 Å². The molecule has 0 radical (unpaired) electrons. The number of carbonyl (C=O) groups is 1. The van der Waals surface area contributed by atoms with Gasteiger partial charge in [0.05, 0.1) is 5.41 Å². The van der Waals surface area contributed by atoms with Crippen molar-refractivity contribution in [2.45, 2.75) is 24.7 Å². The smallest absolute Gasteiger partial charge is 0.244 e. The Kier molecular flexibility index (Phi) is 2.80. The standard InChI is InChI=1S/C11H13BrN2O/c12-9-4-2-8(3-5-9)11(6-1-7-11)10(15)14-13/h2-5H,1,6-7,13H2,(H,14,15). The predicted octanol–water partition coefficient (Wildman–Crippen LogP) is 1.86. The Labute approximate surface area is 97.1 Å². The minimum absolute atomic E-state index is 0.0731. The van der Waals surface area contributed by atoms with Crippen molar-refractivity contribution in [2.24, 2.45) is 5.84 Å². The molecule has 1 aromatic rings. The molecule has 0 bridgehead atoms. The Bertz CT molecular complexity index is 371. The van der Waals surface area contributed by atoms with E-state index in [4.69, 9.17) is 5.84 Å². The fraction of sp³-hybridized carbons (Fsp3) is 0.364. The third kappa shape index (κ3) is 1.68. The van der Waals surface area contributed by atoms with Crippen LogP contribution in [0.25, 0.3) is 0 Å². The first kappa shape index (κ1) is 10.6. The molecule has 1 saturated carbocycles. The van der Waals surface area contributed by atoms with Crippen molar-refractivity contribution in [3.05, 3.63) is 34.3 Å².